The highest BCUT2D eigenvalue weighted by Gasteiger charge is 2.19. The molecule has 0 saturated carbocycles. The van der Waals surface area contributed by atoms with Crippen molar-refractivity contribution in [1.29, 1.82) is 0 Å². The van der Waals surface area contributed by atoms with Crippen molar-refractivity contribution in [2.24, 2.45) is 0 Å². The molecule has 3 aromatic carbocycles. The maximum Gasteiger partial charge on any atom is 0.346 e. The predicted molar refractivity (Wildman–Crippen MR) is 146 cm³/mol. The predicted octanol–water partition coefficient (Wildman–Crippen LogP) is 6.26. The maximum atomic E-state index is 12.9. The molecule has 0 fully saturated rings. The SMILES string of the molecule is COC(=O)[C@H](C)Oc1cccc(CCCn2cc(C(c3ccccc3)c3ccccc3)cc(Cl)c2=O)c1. The van der Waals surface area contributed by atoms with E-state index in [0.29, 0.717) is 12.3 Å². The number of nitrogens with zero attached hydrogens (tertiary/aromatic N) is 1. The molecule has 0 unspecified atom stereocenters. The third-order valence-corrected chi connectivity index (χ3v) is 6.54. The van der Waals surface area contributed by atoms with Crippen LogP contribution in [0.4, 0.5) is 0 Å². The van der Waals surface area contributed by atoms with E-state index in [4.69, 9.17) is 21.1 Å². The van der Waals surface area contributed by atoms with Crippen molar-refractivity contribution in [2.75, 3.05) is 7.11 Å². The van der Waals surface area contributed by atoms with Crippen molar-refractivity contribution in [3.8, 4) is 5.75 Å². The second-order valence-electron chi connectivity index (χ2n) is 8.91. The molecule has 6 heteroatoms. The molecule has 190 valence electrons. The zero-order valence-electron chi connectivity index (χ0n) is 21.0. The Morgan fingerprint density at radius 2 is 1.54 bits per heavy atom. The maximum absolute atomic E-state index is 12.9. The van der Waals surface area contributed by atoms with Gasteiger partial charge in [-0.3, -0.25) is 4.79 Å². The van der Waals surface area contributed by atoms with Crippen LogP contribution in [0.2, 0.25) is 5.02 Å². The molecule has 0 aliphatic heterocycles. The molecule has 4 rings (SSSR count). The number of ether oxygens (including phenoxy) is 2. The van der Waals surface area contributed by atoms with Crippen LogP contribution in [0.3, 0.4) is 0 Å². The third-order valence-electron chi connectivity index (χ3n) is 6.27. The summed E-state index contributed by atoms with van der Waals surface area (Å²) < 4.78 is 12.1. The number of hydrogen-bond acceptors (Lipinski definition) is 4. The normalized spacial score (nSPS) is 11.8. The van der Waals surface area contributed by atoms with Crippen molar-refractivity contribution in [1.82, 2.24) is 4.57 Å². The van der Waals surface area contributed by atoms with Gasteiger partial charge in [0.25, 0.3) is 5.56 Å². The fourth-order valence-electron chi connectivity index (χ4n) is 4.46. The zero-order chi connectivity index (χ0) is 26.2. The van der Waals surface area contributed by atoms with Crippen molar-refractivity contribution >= 4 is 17.6 Å². The van der Waals surface area contributed by atoms with Crippen molar-refractivity contribution < 1.29 is 14.3 Å². The van der Waals surface area contributed by atoms with Gasteiger partial charge in [0.15, 0.2) is 6.10 Å². The summed E-state index contributed by atoms with van der Waals surface area (Å²) >= 11 is 6.45. The molecule has 1 atom stereocenters. The molecule has 37 heavy (non-hydrogen) atoms. The highest BCUT2D eigenvalue weighted by molar-refractivity contribution is 6.30. The number of methoxy groups -OCH3 is 1. The first-order valence-electron chi connectivity index (χ1n) is 12.3. The Hall–Kier alpha value is -3.83. The van der Waals surface area contributed by atoms with Gasteiger partial charge in [0.05, 0.1) is 7.11 Å². The van der Waals surface area contributed by atoms with E-state index in [9.17, 15) is 9.59 Å². The van der Waals surface area contributed by atoms with Gasteiger partial charge < -0.3 is 14.0 Å². The quantitative estimate of drug-likeness (QED) is 0.234. The minimum Gasteiger partial charge on any atom is -0.479 e. The molecule has 4 aromatic rings. The van der Waals surface area contributed by atoms with Crippen LogP contribution in [0.5, 0.6) is 5.75 Å². The van der Waals surface area contributed by atoms with E-state index >= 15 is 0 Å². The summed E-state index contributed by atoms with van der Waals surface area (Å²) in [6.07, 6.45) is 2.71. The summed E-state index contributed by atoms with van der Waals surface area (Å²) in [6, 6.07) is 29.8. The van der Waals surface area contributed by atoms with Gasteiger partial charge in [-0.15, -0.1) is 0 Å². The topological polar surface area (TPSA) is 57.5 Å². The van der Waals surface area contributed by atoms with Crippen LogP contribution in [0, 0.1) is 0 Å². The number of carbonyl (C=O) groups excluding carboxylic acids is 1. The van der Waals surface area contributed by atoms with Gasteiger partial charge in [-0.25, -0.2) is 4.79 Å². The van der Waals surface area contributed by atoms with Gasteiger partial charge in [-0.1, -0.05) is 84.4 Å². The minimum atomic E-state index is -0.689. The molecule has 0 saturated heterocycles. The Labute approximate surface area is 222 Å². The van der Waals surface area contributed by atoms with Crippen LogP contribution in [0.1, 0.15) is 41.5 Å². The Kier molecular flexibility index (Phi) is 8.81. The van der Waals surface area contributed by atoms with E-state index in [2.05, 4.69) is 24.3 Å². The number of esters is 1. The molecular formula is C31H30ClNO4. The second kappa shape index (κ2) is 12.4. The molecule has 0 bridgehead atoms. The average molecular weight is 516 g/mol. The number of hydrogen-bond donors (Lipinski definition) is 0. The van der Waals surface area contributed by atoms with Crippen molar-refractivity contribution in [3.63, 3.8) is 0 Å². The molecule has 1 heterocycles. The van der Waals surface area contributed by atoms with Crippen molar-refractivity contribution in [2.45, 2.75) is 38.3 Å². The summed E-state index contributed by atoms with van der Waals surface area (Å²) in [7, 11) is 1.34. The van der Waals surface area contributed by atoms with Crippen LogP contribution >= 0.6 is 11.6 Å². The van der Waals surface area contributed by atoms with Gasteiger partial charge in [-0.05, 0) is 60.2 Å². The Morgan fingerprint density at radius 1 is 0.892 bits per heavy atom. The molecular weight excluding hydrogens is 486 g/mol. The number of aryl methyl sites for hydroxylation is 2. The van der Waals surface area contributed by atoms with Crippen LogP contribution in [-0.4, -0.2) is 23.8 Å². The highest BCUT2D eigenvalue weighted by atomic mass is 35.5. The molecule has 5 nitrogen and oxygen atoms in total. The smallest absolute Gasteiger partial charge is 0.346 e. The van der Waals surface area contributed by atoms with E-state index in [1.54, 1.807) is 17.6 Å². The van der Waals surface area contributed by atoms with E-state index in [0.717, 1.165) is 35.1 Å². The fourth-order valence-corrected chi connectivity index (χ4v) is 4.69. The number of halogens is 1. The molecule has 0 N–H and O–H groups in total. The Bertz CT molecular complexity index is 1350. The number of rotatable bonds is 10. The Morgan fingerprint density at radius 3 is 2.16 bits per heavy atom. The molecule has 1 aromatic heterocycles. The third kappa shape index (κ3) is 6.69. The lowest BCUT2D eigenvalue weighted by atomic mass is 9.86. The number of carbonyl (C=O) groups is 1. The highest BCUT2D eigenvalue weighted by Crippen LogP contribution is 2.32. The number of pyridine rings is 1. The number of aromatic nitrogens is 1. The van der Waals surface area contributed by atoms with Gasteiger partial charge >= 0.3 is 5.97 Å². The average Bonchev–Trinajstić information content (AvgIpc) is 2.92. The summed E-state index contributed by atoms with van der Waals surface area (Å²) in [6.45, 7) is 2.17. The molecule has 0 aliphatic carbocycles. The van der Waals surface area contributed by atoms with E-state index < -0.39 is 12.1 Å². The van der Waals surface area contributed by atoms with Crippen molar-refractivity contribution in [3.05, 3.63) is 135 Å². The zero-order valence-corrected chi connectivity index (χ0v) is 21.7. The van der Waals surface area contributed by atoms with Gasteiger partial charge in [-0.2, -0.15) is 0 Å². The summed E-state index contributed by atoms with van der Waals surface area (Å²) in [4.78, 5) is 24.5. The summed E-state index contributed by atoms with van der Waals surface area (Å²) in [5.41, 5.74) is 4.08. The summed E-state index contributed by atoms with van der Waals surface area (Å²) in [5, 5.41) is 0.210. The van der Waals surface area contributed by atoms with Crippen LogP contribution < -0.4 is 10.3 Å². The molecule has 0 spiro atoms. The van der Waals surface area contributed by atoms with Crippen LogP contribution in [0.15, 0.2) is 102 Å². The Balaban J connectivity index is 1.53. The number of benzene rings is 3. The lowest BCUT2D eigenvalue weighted by molar-refractivity contribution is -0.147. The summed E-state index contributed by atoms with van der Waals surface area (Å²) in [5.74, 6) is 0.134. The second-order valence-corrected chi connectivity index (χ2v) is 9.32. The molecule has 0 amide bonds. The van der Waals surface area contributed by atoms with Gasteiger partial charge in [0.2, 0.25) is 0 Å². The van der Waals surface area contributed by atoms with E-state index in [-0.39, 0.29) is 16.5 Å². The molecule has 0 aliphatic rings. The van der Waals surface area contributed by atoms with E-state index in [1.165, 1.54) is 7.11 Å². The monoisotopic (exact) mass is 515 g/mol. The first-order chi connectivity index (χ1) is 18.0. The van der Waals surface area contributed by atoms with Crippen LogP contribution in [0.25, 0.3) is 0 Å². The van der Waals surface area contributed by atoms with E-state index in [1.807, 2.05) is 66.9 Å². The van der Waals surface area contributed by atoms with Gasteiger partial charge in [0, 0.05) is 18.7 Å². The van der Waals surface area contributed by atoms with Crippen LogP contribution in [-0.2, 0) is 22.5 Å². The molecule has 0 radical (unpaired) electrons. The largest absolute Gasteiger partial charge is 0.479 e. The first kappa shape index (κ1) is 26.2. The first-order valence-corrected chi connectivity index (χ1v) is 12.7. The lowest BCUT2D eigenvalue weighted by Crippen LogP contribution is -2.24. The minimum absolute atomic E-state index is 0.0441. The lowest BCUT2D eigenvalue weighted by Gasteiger charge is -2.20. The fraction of sp³-hybridized carbons (Fsp3) is 0.226. The van der Waals surface area contributed by atoms with Gasteiger partial charge in [0.1, 0.15) is 10.8 Å². The standard InChI is InChI=1S/C31H30ClNO4/c1-22(31(35)36-2)37-27-17-9-11-23(19-27)12-10-18-33-21-26(20-28(32)30(33)34)29(24-13-5-3-6-14-24)25-15-7-4-8-16-25/h3-9,11,13-17,19-22,29H,10,12,18H2,1-2H3/t22-/m0/s1.